The van der Waals surface area contributed by atoms with Gasteiger partial charge in [0.1, 0.15) is 0 Å². The first-order valence-electron chi connectivity index (χ1n) is 4.16. The highest BCUT2D eigenvalue weighted by atomic mass is 16.5. The summed E-state index contributed by atoms with van der Waals surface area (Å²) in [6.07, 6.45) is -1.00. The van der Waals surface area contributed by atoms with E-state index in [2.05, 4.69) is 15.0 Å². The third kappa shape index (κ3) is 2.42. The van der Waals surface area contributed by atoms with Crippen LogP contribution in [0.5, 0.6) is 0 Å². The number of hydrogen-bond acceptors (Lipinski definition) is 7. The van der Waals surface area contributed by atoms with Crippen LogP contribution in [0.1, 0.15) is 10.5 Å². The summed E-state index contributed by atoms with van der Waals surface area (Å²) in [6.45, 7) is -0.459. The number of nitrogens with zero attached hydrogens (tertiary/aromatic N) is 3. The van der Waals surface area contributed by atoms with Gasteiger partial charge < -0.3 is 20.7 Å². The Bertz CT molecular complexity index is 351. The molecular weight excluding hydrogens is 204 g/mol. The normalized spacial score (nSPS) is 12.5. The van der Waals surface area contributed by atoms with Crippen molar-refractivity contribution in [1.82, 2.24) is 15.0 Å². The Balaban J connectivity index is 2.84. The highest BCUT2D eigenvalue weighted by molar-refractivity contribution is 5.91. The maximum atomic E-state index is 11.1. The molecule has 84 valence electrons. The van der Waals surface area contributed by atoms with Crippen molar-refractivity contribution in [2.75, 3.05) is 19.5 Å². The van der Waals surface area contributed by atoms with Crippen molar-refractivity contribution < 1.29 is 19.7 Å². The quantitative estimate of drug-likeness (QED) is 0.497. The van der Waals surface area contributed by atoms with Crippen LogP contribution in [0.15, 0.2) is 0 Å². The van der Waals surface area contributed by atoms with E-state index in [4.69, 9.17) is 15.9 Å². The molecule has 1 aromatic rings. The van der Waals surface area contributed by atoms with Crippen LogP contribution in [-0.4, -0.2) is 51.0 Å². The Labute approximate surface area is 85.3 Å². The van der Waals surface area contributed by atoms with Crippen LogP contribution in [-0.2, 0) is 11.3 Å². The number of rotatable bonds is 4. The average Bonchev–Trinajstić information content (AvgIpc) is 2.59. The van der Waals surface area contributed by atoms with Gasteiger partial charge >= 0.3 is 5.97 Å². The zero-order valence-electron chi connectivity index (χ0n) is 8.12. The van der Waals surface area contributed by atoms with Gasteiger partial charge in [-0.1, -0.05) is 5.21 Å². The van der Waals surface area contributed by atoms with Crippen molar-refractivity contribution in [1.29, 1.82) is 0 Å². The minimum Gasteiger partial charge on any atom is -0.464 e. The molecule has 0 radical (unpaired) electrons. The first kappa shape index (κ1) is 11.4. The van der Waals surface area contributed by atoms with Crippen molar-refractivity contribution in [3.63, 3.8) is 0 Å². The van der Waals surface area contributed by atoms with E-state index < -0.39 is 18.7 Å². The lowest BCUT2D eigenvalue weighted by atomic mass is 10.3. The fourth-order valence-electron chi connectivity index (χ4n) is 0.955. The molecule has 0 fully saturated rings. The van der Waals surface area contributed by atoms with E-state index >= 15 is 0 Å². The largest absolute Gasteiger partial charge is 0.464 e. The Morgan fingerprint density at radius 3 is 2.93 bits per heavy atom. The fraction of sp³-hybridized carbons (Fsp3) is 0.571. The van der Waals surface area contributed by atoms with Gasteiger partial charge in [0.25, 0.3) is 0 Å². The molecule has 0 aliphatic rings. The summed E-state index contributed by atoms with van der Waals surface area (Å²) in [5.74, 6) is -0.702. The van der Waals surface area contributed by atoms with Gasteiger partial charge in [-0.05, 0) is 0 Å². The van der Waals surface area contributed by atoms with Crippen molar-refractivity contribution in [2.45, 2.75) is 12.6 Å². The van der Waals surface area contributed by atoms with Gasteiger partial charge in [0, 0.05) is 0 Å². The van der Waals surface area contributed by atoms with Crippen molar-refractivity contribution in [3.8, 4) is 0 Å². The third-order valence-corrected chi connectivity index (χ3v) is 1.75. The van der Waals surface area contributed by atoms with E-state index in [0.29, 0.717) is 0 Å². The van der Waals surface area contributed by atoms with E-state index in [9.17, 15) is 4.79 Å². The van der Waals surface area contributed by atoms with Crippen LogP contribution in [0.2, 0.25) is 0 Å². The number of anilines is 1. The van der Waals surface area contributed by atoms with Crippen LogP contribution < -0.4 is 5.73 Å². The smallest absolute Gasteiger partial charge is 0.362 e. The number of methoxy groups -OCH3 is 1. The van der Waals surface area contributed by atoms with Gasteiger partial charge in [-0.3, -0.25) is 0 Å². The highest BCUT2D eigenvalue weighted by Crippen LogP contribution is 2.09. The highest BCUT2D eigenvalue weighted by Gasteiger charge is 2.18. The average molecular weight is 216 g/mol. The lowest BCUT2D eigenvalue weighted by molar-refractivity contribution is 0.0595. The summed E-state index contributed by atoms with van der Waals surface area (Å²) in [4.78, 5) is 11.1. The van der Waals surface area contributed by atoms with Gasteiger partial charge in [-0.15, -0.1) is 5.10 Å². The van der Waals surface area contributed by atoms with Crippen LogP contribution in [0.25, 0.3) is 0 Å². The van der Waals surface area contributed by atoms with Gasteiger partial charge in [-0.2, -0.15) is 0 Å². The van der Waals surface area contributed by atoms with E-state index in [1.54, 1.807) is 0 Å². The summed E-state index contributed by atoms with van der Waals surface area (Å²) in [5, 5.41) is 24.8. The number of hydrogen-bond donors (Lipinski definition) is 3. The summed E-state index contributed by atoms with van der Waals surface area (Å²) in [7, 11) is 1.20. The zero-order valence-corrected chi connectivity index (χ0v) is 8.12. The summed E-state index contributed by atoms with van der Waals surface area (Å²) in [6, 6.07) is 0. The predicted molar refractivity (Wildman–Crippen MR) is 48.9 cm³/mol. The van der Waals surface area contributed by atoms with Crippen LogP contribution in [0.3, 0.4) is 0 Å². The predicted octanol–water partition coefficient (Wildman–Crippen LogP) is -2.00. The molecule has 0 aliphatic heterocycles. The minimum atomic E-state index is -1.00. The first-order valence-corrected chi connectivity index (χ1v) is 4.16. The second-order valence-corrected chi connectivity index (χ2v) is 2.83. The number of nitrogen functional groups attached to an aromatic ring is 1. The molecule has 0 aliphatic carbocycles. The number of esters is 1. The monoisotopic (exact) mass is 216 g/mol. The topological polar surface area (TPSA) is 123 Å². The number of aliphatic hydroxyl groups excluding tert-OH is 2. The van der Waals surface area contributed by atoms with E-state index in [1.165, 1.54) is 7.11 Å². The second kappa shape index (κ2) is 4.71. The van der Waals surface area contributed by atoms with Gasteiger partial charge in [0.05, 0.1) is 26.4 Å². The molecule has 1 unspecified atom stereocenters. The summed E-state index contributed by atoms with van der Waals surface area (Å²) in [5.41, 5.74) is 5.42. The van der Waals surface area contributed by atoms with E-state index in [0.717, 1.165) is 4.68 Å². The Hall–Kier alpha value is -1.67. The van der Waals surface area contributed by atoms with Crippen LogP contribution >= 0.6 is 0 Å². The SMILES string of the molecule is COC(=O)c1nnn(CC(O)CO)c1N. The minimum absolute atomic E-state index is 0.00523. The maximum Gasteiger partial charge on any atom is 0.362 e. The van der Waals surface area contributed by atoms with E-state index in [1.807, 2.05) is 0 Å². The van der Waals surface area contributed by atoms with Crippen LogP contribution in [0.4, 0.5) is 5.82 Å². The maximum absolute atomic E-state index is 11.1. The molecule has 1 heterocycles. The molecule has 1 rings (SSSR count). The molecule has 0 amide bonds. The van der Waals surface area contributed by atoms with Gasteiger partial charge in [0.2, 0.25) is 5.69 Å². The molecule has 0 bridgehead atoms. The summed E-state index contributed by atoms with van der Waals surface area (Å²) < 4.78 is 5.53. The summed E-state index contributed by atoms with van der Waals surface area (Å²) >= 11 is 0. The Morgan fingerprint density at radius 1 is 1.73 bits per heavy atom. The van der Waals surface area contributed by atoms with Gasteiger partial charge in [-0.25, -0.2) is 9.48 Å². The molecule has 8 heteroatoms. The number of nitrogens with two attached hydrogens (primary N) is 1. The molecule has 1 aromatic heterocycles. The molecule has 1 atom stereocenters. The van der Waals surface area contributed by atoms with Crippen molar-refractivity contribution >= 4 is 11.8 Å². The number of aliphatic hydroxyl groups is 2. The standard InChI is InChI=1S/C7H12N4O4/c1-15-7(14)5-6(8)11(10-9-5)2-4(13)3-12/h4,12-13H,2-3,8H2,1H3. The van der Waals surface area contributed by atoms with Crippen molar-refractivity contribution in [3.05, 3.63) is 5.69 Å². The van der Waals surface area contributed by atoms with E-state index in [-0.39, 0.29) is 18.1 Å². The fourth-order valence-corrected chi connectivity index (χ4v) is 0.955. The lowest BCUT2D eigenvalue weighted by Crippen LogP contribution is -2.22. The Morgan fingerprint density at radius 2 is 2.40 bits per heavy atom. The second-order valence-electron chi connectivity index (χ2n) is 2.83. The molecule has 0 saturated carbocycles. The number of carbonyl (C=O) groups excluding carboxylic acids is 1. The molecule has 0 aromatic carbocycles. The Kier molecular flexibility index (Phi) is 3.58. The number of carbonyl (C=O) groups is 1. The first-order chi connectivity index (χ1) is 7.10. The lowest BCUT2D eigenvalue weighted by Gasteiger charge is -2.07. The van der Waals surface area contributed by atoms with Gasteiger partial charge in [0.15, 0.2) is 5.82 Å². The van der Waals surface area contributed by atoms with Crippen LogP contribution in [0, 0.1) is 0 Å². The molecular formula is C7H12N4O4. The third-order valence-electron chi connectivity index (χ3n) is 1.75. The number of ether oxygens (including phenoxy) is 1. The van der Waals surface area contributed by atoms with Crippen molar-refractivity contribution in [2.24, 2.45) is 0 Å². The molecule has 0 spiro atoms. The molecule has 0 saturated heterocycles. The molecule has 4 N–H and O–H groups in total. The zero-order chi connectivity index (χ0) is 11.4. The molecule has 15 heavy (non-hydrogen) atoms. The number of aromatic nitrogens is 3. The molecule has 8 nitrogen and oxygen atoms in total.